The molecule has 4 rings (SSSR count). The van der Waals surface area contributed by atoms with Gasteiger partial charge in [-0.2, -0.15) is 5.26 Å². The second-order valence-electron chi connectivity index (χ2n) is 7.87. The number of benzene rings is 2. The molecule has 2 aliphatic heterocycles. The first-order valence-electron chi connectivity index (χ1n) is 9.98. The average Bonchev–Trinajstić information content (AvgIpc) is 2.72. The number of nitrogens with zero attached hydrogens (tertiary/aromatic N) is 3. The van der Waals surface area contributed by atoms with Crippen molar-refractivity contribution < 1.29 is 4.79 Å². The normalized spacial score (nSPS) is 21.2. The van der Waals surface area contributed by atoms with Crippen LogP contribution in [0.3, 0.4) is 0 Å². The lowest BCUT2D eigenvalue weighted by Gasteiger charge is -2.43. The van der Waals surface area contributed by atoms with Crippen molar-refractivity contribution in [3.63, 3.8) is 0 Å². The highest BCUT2D eigenvalue weighted by Crippen LogP contribution is 2.36. The molecule has 0 aliphatic carbocycles. The minimum atomic E-state index is -0.759. The van der Waals surface area contributed by atoms with E-state index >= 15 is 0 Å². The van der Waals surface area contributed by atoms with Crippen molar-refractivity contribution >= 4 is 17.6 Å². The summed E-state index contributed by atoms with van der Waals surface area (Å²) in [5.74, 6) is -0.597. The molecule has 0 radical (unpaired) electrons. The zero-order valence-electron chi connectivity index (χ0n) is 16.6. The molecule has 1 amide bonds. The van der Waals surface area contributed by atoms with Gasteiger partial charge in [-0.15, -0.1) is 0 Å². The van der Waals surface area contributed by atoms with E-state index < -0.39 is 11.5 Å². The SMILES string of the molecule is Cc1ccc(NC2=NC3(CCN(Cc4ccccc4)CC3)C(C#N)C(=O)N2)cc1. The second kappa shape index (κ2) is 8.06. The molecule has 29 heavy (non-hydrogen) atoms. The first-order valence-corrected chi connectivity index (χ1v) is 9.98. The number of rotatable bonds is 3. The largest absolute Gasteiger partial charge is 0.326 e. The number of aliphatic imine (C=N–C) groups is 1. The van der Waals surface area contributed by atoms with Crippen molar-refractivity contribution in [2.45, 2.75) is 31.8 Å². The van der Waals surface area contributed by atoms with Crippen molar-refractivity contribution in [2.24, 2.45) is 10.9 Å². The van der Waals surface area contributed by atoms with Crippen LogP contribution < -0.4 is 10.6 Å². The molecule has 2 aromatic rings. The zero-order chi connectivity index (χ0) is 20.3. The van der Waals surface area contributed by atoms with Gasteiger partial charge in [0.1, 0.15) is 0 Å². The van der Waals surface area contributed by atoms with Crippen molar-refractivity contribution in [3.05, 3.63) is 65.7 Å². The maximum atomic E-state index is 12.7. The van der Waals surface area contributed by atoms with Crippen LogP contribution in [0.25, 0.3) is 0 Å². The first kappa shape index (κ1) is 19.2. The Morgan fingerprint density at radius 3 is 2.52 bits per heavy atom. The van der Waals surface area contributed by atoms with Gasteiger partial charge in [0.2, 0.25) is 11.9 Å². The van der Waals surface area contributed by atoms with Gasteiger partial charge >= 0.3 is 0 Å². The minimum absolute atomic E-state index is 0.270. The molecule has 1 saturated heterocycles. The van der Waals surface area contributed by atoms with Crippen molar-refractivity contribution in [3.8, 4) is 6.07 Å². The predicted octanol–water partition coefficient (Wildman–Crippen LogP) is 3.07. The van der Waals surface area contributed by atoms with E-state index in [-0.39, 0.29) is 5.91 Å². The van der Waals surface area contributed by atoms with Gasteiger partial charge in [0, 0.05) is 25.3 Å². The molecule has 2 heterocycles. The van der Waals surface area contributed by atoms with E-state index in [0.29, 0.717) is 18.8 Å². The number of nitrogens with one attached hydrogen (secondary N) is 2. The third kappa shape index (κ3) is 4.15. The molecular formula is C23H25N5O. The van der Waals surface area contributed by atoms with Crippen LogP contribution in [-0.4, -0.2) is 35.4 Å². The van der Waals surface area contributed by atoms with E-state index in [1.54, 1.807) is 0 Å². The number of amides is 1. The van der Waals surface area contributed by atoms with Gasteiger partial charge in [-0.3, -0.25) is 15.0 Å². The summed E-state index contributed by atoms with van der Waals surface area (Å²) in [7, 11) is 0. The number of piperidine rings is 1. The third-order valence-corrected chi connectivity index (χ3v) is 5.79. The summed E-state index contributed by atoms with van der Waals surface area (Å²) in [5.41, 5.74) is 2.63. The van der Waals surface area contributed by atoms with Gasteiger partial charge in [-0.05, 0) is 37.5 Å². The fraction of sp³-hybridized carbons (Fsp3) is 0.348. The number of nitriles is 1. The Morgan fingerprint density at radius 1 is 1.17 bits per heavy atom. The number of carbonyl (C=O) groups excluding carboxylic acids is 1. The summed E-state index contributed by atoms with van der Waals surface area (Å²) in [4.78, 5) is 19.9. The molecule has 2 aliphatic rings. The summed E-state index contributed by atoms with van der Waals surface area (Å²) in [6.45, 7) is 4.52. The molecule has 0 aromatic heterocycles. The van der Waals surface area contributed by atoms with Crippen LogP contribution in [-0.2, 0) is 11.3 Å². The number of likely N-dealkylation sites (tertiary alicyclic amines) is 1. The van der Waals surface area contributed by atoms with Crippen LogP contribution in [0.2, 0.25) is 0 Å². The van der Waals surface area contributed by atoms with E-state index in [4.69, 9.17) is 4.99 Å². The van der Waals surface area contributed by atoms with Gasteiger partial charge in [-0.25, -0.2) is 4.99 Å². The molecule has 1 unspecified atom stereocenters. The predicted molar refractivity (Wildman–Crippen MR) is 113 cm³/mol. The highest BCUT2D eigenvalue weighted by molar-refractivity contribution is 6.07. The fourth-order valence-electron chi connectivity index (χ4n) is 4.10. The topological polar surface area (TPSA) is 80.5 Å². The van der Waals surface area contributed by atoms with Crippen LogP contribution in [0.15, 0.2) is 59.6 Å². The molecule has 0 saturated carbocycles. The molecule has 0 bridgehead atoms. The zero-order valence-corrected chi connectivity index (χ0v) is 16.6. The van der Waals surface area contributed by atoms with E-state index in [9.17, 15) is 10.1 Å². The summed E-state index contributed by atoms with van der Waals surface area (Å²) in [6.07, 6.45) is 1.37. The summed E-state index contributed by atoms with van der Waals surface area (Å²) in [5, 5.41) is 15.6. The highest BCUT2D eigenvalue weighted by atomic mass is 16.2. The van der Waals surface area contributed by atoms with Gasteiger partial charge in [0.15, 0.2) is 5.92 Å². The Morgan fingerprint density at radius 2 is 1.86 bits per heavy atom. The van der Waals surface area contributed by atoms with Gasteiger partial charge in [0.05, 0.1) is 11.6 Å². The van der Waals surface area contributed by atoms with Crippen LogP contribution in [0.1, 0.15) is 24.0 Å². The second-order valence-corrected chi connectivity index (χ2v) is 7.87. The van der Waals surface area contributed by atoms with Gasteiger partial charge < -0.3 is 5.32 Å². The van der Waals surface area contributed by atoms with Crippen LogP contribution in [0.5, 0.6) is 0 Å². The molecule has 2 aromatic carbocycles. The number of anilines is 1. The Kier molecular flexibility index (Phi) is 5.32. The number of guanidine groups is 1. The van der Waals surface area contributed by atoms with Crippen molar-refractivity contribution in [1.29, 1.82) is 5.26 Å². The standard InChI is InChI=1S/C23H25N5O/c1-17-7-9-19(10-8-17)25-22-26-21(29)20(15-24)23(27-22)11-13-28(14-12-23)16-18-5-3-2-4-6-18/h2-10,20H,11-14,16H2,1H3,(H2,25,26,27,29). The van der Waals surface area contributed by atoms with Gasteiger partial charge in [-0.1, -0.05) is 48.0 Å². The van der Waals surface area contributed by atoms with Crippen LogP contribution >= 0.6 is 0 Å². The van der Waals surface area contributed by atoms with Crippen molar-refractivity contribution in [2.75, 3.05) is 18.4 Å². The maximum absolute atomic E-state index is 12.7. The Balaban J connectivity index is 1.51. The lowest BCUT2D eigenvalue weighted by Crippen LogP contribution is -2.58. The number of hydrogen-bond donors (Lipinski definition) is 2. The fourth-order valence-corrected chi connectivity index (χ4v) is 4.10. The molecule has 1 atom stereocenters. The molecule has 6 heteroatoms. The molecule has 1 fully saturated rings. The molecule has 1 spiro atoms. The number of aryl methyl sites for hydroxylation is 1. The highest BCUT2D eigenvalue weighted by Gasteiger charge is 2.48. The summed E-state index contributed by atoms with van der Waals surface area (Å²) >= 11 is 0. The first-order chi connectivity index (χ1) is 14.1. The van der Waals surface area contributed by atoms with E-state index in [2.05, 4.69) is 33.7 Å². The molecular weight excluding hydrogens is 362 g/mol. The quantitative estimate of drug-likeness (QED) is 0.848. The third-order valence-electron chi connectivity index (χ3n) is 5.79. The summed E-state index contributed by atoms with van der Waals surface area (Å²) in [6, 6.07) is 20.5. The Hall–Kier alpha value is -3.17. The van der Waals surface area contributed by atoms with E-state index in [0.717, 1.165) is 30.9 Å². The van der Waals surface area contributed by atoms with E-state index in [1.807, 2.05) is 49.4 Å². The maximum Gasteiger partial charge on any atom is 0.246 e. The molecule has 6 nitrogen and oxygen atoms in total. The minimum Gasteiger partial charge on any atom is -0.326 e. The number of carbonyl (C=O) groups is 1. The summed E-state index contributed by atoms with van der Waals surface area (Å²) < 4.78 is 0. The average molecular weight is 387 g/mol. The van der Waals surface area contributed by atoms with Crippen molar-refractivity contribution in [1.82, 2.24) is 10.2 Å². The van der Waals surface area contributed by atoms with E-state index in [1.165, 1.54) is 5.56 Å². The van der Waals surface area contributed by atoms with Crippen LogP contribution in [0.4, 0.5) is 5.69 Å². The monoisotopic (exact) mass is 387 g/mol. The smallest absolute Gasteiger partial charge is 0.246 e. The molecule has 2 N–H and O–H groups in total. The lowest BCUT2D eigenvalue weighted by molar-refractivity contribution is -0.125. The lowest BCUT2D eigenvalue weighted by atomic mass is 9.76. The number of hydrogen-bond acceptors (Lipinski definition) is 5. The Bertz CT molecular complexity index is 937. The molecule has 148 valence electrons. The van der Waals surface area contributed by atoms with Gasteiger partial charge in [0.25, 0.3) is 0 Å². The van der Waals surface area contributed by atoms with Crippen LogP contribution in [0, 0.1) is 24.2 Å². The Labute approximate surface area is 171 Å².